The van der Waals surface area contributed by atoms with E-state index in [0.29, 0.717) is 6.10 Å². The van der Waals surface area contributed by atoms with Gasteiger partial charge in [-0.3, -0.25) is 4.79 Å². The molecule has 5 heteroatoms. The number of piperidine rings is 1. The lowest BCUT2D eigenvalue weighted by molar-refractivity contribution is -0.120. The van der Waals surface area contributed by atoms with Crippen molar-refractivity contribution in [2.45, 2.75) is 44.6 Å². The molecule has 0 radical (unpaired) electrons. The van der Waals surface area contributed by atoms with E-state index in [1.54, 1.807) is 0 Å². The van der Waals surface area contributed by atoms with Crippen molar-refractivity contribution in [2.24, 2.45) is 5.92 Å². The van der Waals surface area contributed by atoms with Gasteiger partial charge in [-0.05, 0) is 57.2 Å². The fourth-order valence-corrected chi connectivity index (χ4v) is 3.17. The number of ether oxygens (including phenoxy) is 1. The molecule has 1 heterocycles. The number of anilines is 1. The SMILES string of the molecule is Cl.O=C(Nc1ccccc1OC1CCCC1)C1CCCNC1. The molecule has 1 aromatic rings. The zero-order valence-corrected chi connectivity index (χ0v) is 13.7. The highest BCUT2D eigenvalue weighted by molar-refractivity contribution is 5.94. The molecule has 0 spiro atoms. The van der Waals surface area contributed by atoms with Crippen molar-refractivity contribution in [3.05, 3.63) is 24.3 Å². The van der Waals surface area contributed by atoms with Gasteiger partial charge in [-0.25, -0.2) is 0 Å². The van der Waals surface area contributed by atoms with Crippen LogP contribution in [0.15, 0.2) is 24.3 Å². The first-order chi connectivity index (χ1) is 10.3. The van der Waals surface area contributed by atoms with Gasteiger partial charge in [-0.1, -0.05) is 12.1 Å². The van der Waals surface area contributed by atoms with Gasteiger partial charge in [0.05, 0.1) is 17.7 Å². The minimum Gasteiger partial charge on any atom is -0.488 e. The number of rotatable bonds is 4. The van der Waals surface area contributed by atoms with Crippen LogP contribution >= 0.6 is 12.4 Å². The quantitative estimate of drug-likeness (QED) is 0.892. The summed E-state index contributed by atoms with van der Waals surface area (Å²) in [6, 6.07) is 7.78. The van der Waals surface area contributed by atoms with Crippen LogP contribution in [0, 0.1) is 5.92 Å². The third-order valence-electron chi connectivity index (χ3n) is 4.41. The van der Waals surface area contributed by atoms with E-state index in [4.69, 9.17) is 4.74 Å². The smallest absolute Gasteiger partial charge is 0.228 e. The summed E-state index contributed by atoms with van der Waals surface area (Å²) in [5, 5.41) is 6.33. The summed E-state index contributed by atoms with van der Waals surface area (Å²) in [7, 11) is 0. The van der Waals surface area contributed by atoms with Crippen LogP contribution in [-0.2, 0) is 4.79 Å². The largest absolute Gasteiger partial charge is 0.488 e. The van der Waals surface area contributed by atoms with E-state index in [1.165, 1.54) is 12.8 Å². The Bertz CT molecular complexity index is 483. The molecule has 122 valence electrons. The molecule has 3 rings (SSSR count). The van der Waals surface area contributed by atoms with E-state index in [0.717, 1.165) is 50.2 Å². The van der Waals surface area contributed by atoms with Gasteiger partial charge in [0.1, 0.15) is 5.75 Å². The van der Waals surface area contributed by atoms with Crippen LogP contribution in [0.5, 0.6) is 5.75 Å². The average molecular weight is 325 g/mol. The number of para-hydroxylation sites is 2. The molecule has 1 aromatic carbocycles. The molecule has 0 bridgehead atoms. The van der Waals surface area contributed by atoms with E-state index >= 15 is 0 Å². The molecule has 0 aromatic heterocycles. The standard InChI is InChI=1S/C17H24N2O2.ClH/c20-17(13-6-5-11-18-12-13)19-15-9-3-4-10-16(15)21-14-7-1-2-8-14;/h3-4,9-10,13-14,18H,1-2,5-8,11-12H2,(H,19,20);1H. The van der Waals surface area contributed by atoms with Crippen molar-refractivity contribution in [1.29, 1.82) is 0 Å². The molecular weight excluding hydrogens is 300 g/mol. The molecule has 1 saturated carbocycles. The van der Waals surface area contributed by atoms with E-state index in [2.05, 4.69) is 10.6 Å². The van der Waals surface area contributed by atoms with Crippen molar-refractivity contribution in [1.82, 2.24) is 5.32 Å². The molecule has 2 fully saturated rings. The van der Waals surface area contributed by atoms with Crippen LogP contribution in [0.1, 0.15) is 38.5 Å². The lowest BCUT2D eigenvalue weighted by Gasteiger charge is -2.23. The van der Waals surface area contributed by atoms with Crippen LogP contribution in [0.4, 0.5) is 5.69 Å². The van der Waals surface area contributed by atoms with E-state index < -0.39 is 0 Å². The van der Waals surface area contributed by atoms with E-state index in [1.807, 2.05) is 24.3 Å². The maximum Gasteiger partial charge on any atom is 0.228 e. The van der Waals surface area contributed by atoms with Crippen molar-refractivity contribution in [2.75, 3.05) is 18.4 Å². The summed E-state index contributed by atoms with van der Waals surface area (Å²) in [6.07, 6.45) is 7.06. The Hall–Kier alpha value is -1.26. The lowest BCUT2D eigenvalue weighted by atomic mass is 9.99. The number of carbonyl (C=O) groups is 1. The van der Waals surface area contributed by atoms with Crippen LogP contribution in [0.25, 0.3) is 0 Å². The summed E-state index contributed by atoms with van der Waals surface area (Å²) in [5.74, 6) is 0.976. The van der Waals surface area contributed by atoms with Gasteiger partial charge in [0.25, 0.3) is 0 Å². The number of nitrogens with one attached hydrogen (secondary N) is 2. The number of hydrogen-bond donors (Lipinski definition) is 2. The monoisotopic (exact) mass is 324 g/mol. The van der Waals surface area contributed by atoms with Gasteiger partial charge in [-0.2, -0.15) is 0 Å². The molecule has 1 atom stereocenters. The predicted octanol–water partition coefficient (Wildman–Crippen LogP) is 3.37. The highest BCUT2D eigenvalue weighted by Gasteiger charge is 2.23. The normalized spacial score (nSPS) is 21.9. The van der Waals surface area contributed by atoms with Gasteiger partial charge in [0, 0.05) is 6.54 Å². The fraction of sp³-hybridized carbons (Fsp3) is 0.588. The molecule has 2 N–H and O–H groups in total. The summed E-state index contributed by atoms with van der Waals surface area (Å²) in [5.41, 5.74) is 0.806. The lowest BCUT2D eigenvalue weighted by Crippen LogP contribution is -2.37. The zero-order valence-electron chi connectivity index (χ0n) is 12.8. The van der Waals surface area contributed by atoms with Gasteiger partial charge < -0.3 is 15.4 Å². The highest BCUT2D eigenvalue weighted by atomic mass is 35.5. The third-order valence-corrected chi connectivity index (χ3v) is 4.41. The predicted molar refractivity (Wildman–Crippen MR) is 90.8 cm³/mol. The molecule has 22 heavy (non-hydrogen) atoms. The van der Waals surface area contributed by atoms with Crippen LogP contribution < -0.4 is 15.4 Å². The molecule has 1 amide bonds. The van der Waals surface area contributed by atoms with Crippen LogP contribution in [0.2, 0.25) is 0 Å². The second kappa shape index (κ2) is 8.39. The first kappa shape index (κ1) is 17.1. The van der Waals surface area contributed by atoms with Gasteiger partial charge >= 0.3 is 0 Å². The van der Waals surface area contributed by atoms with Crippen molar-refractivity contribution < 1.29 is 9.53 Å². The molecule has 2 aliphatic rings. The Balaban J connectivity index is 0.00000176. The molecule has 1 aliphatic carbocycles. The minimum absolute atomic E-state index is 0. The molecule has 1 aliphatic heterocycles. The Kier molecular flexibility index (Phi) is 6.52. The molecule has 1 saturated heterocycles. The average Bonchev–Trinajstić information content (AvgIpc) is 3.03. The summed E-state index contributed by atoms with van der Waals surface area (Å²) < 4.78 is 6.06. The maximum absolute atomic E-state index is 12.4. The first-order valence-electron chi connectivity index (χ1n) is 8.10. The second-order valence-electron chi connectivity index (χ2n) is 6.05. The molecule has 1 unspecified atom stereocenters. The van der Waals surface area contributed by atoms with Gasteiger partial charge in [0.2, 0.25) is 5.91 Å². The third kappa shape index (κ3) is 4.37. The molecule has 4 nitrogen and oxygen atoms in total. The highest BCUT2D eigenvalue weighted by Crippen LogP contribution is 2.30. The van der Waals surface area contributed by atoms with E-state index in [-0.39, 0.29) is 24.2 Å². The maximum atomic E-state index is 12.4. The molecular formula is C17H25ClN2O2. The van der Waals surface area contributed by atoms with E-state index in [9.17, 15) is 4.79 Å². The number of benzene rings is 1. The van der Waals surface area contributed by atoms with Crippen molar-refractivity contribution in [3.8, 4) is 5.75 Å². The van der Waals surface area contributed by atoms with Gasteiger partial charge in [-0.15, -0.1) is 12.4 Å². The Morgan fingerprint density at radius 1 is 1.14 bits per heavy atom. The summed E-state index contributed by atoms with van der Waals surface area (Å²) in [4.78, 5) is 12.4. The summed E-state index contributed by atoms with van der Waals surface area (Å²) in [6.45, 7) is 1.79. The van der Waals surface area contributed by atoms with Gasteiger partial charge in [0.15, 0.2) is 0 Å². The zero-order chi connectivity index (χ0) is 14.5. The van der Waals surface area contributed by atoms with Crippen molar-refractivity contribution in [3.63, 3.8) is 0 Å². The first-order valence-corrected chi connectivity index (χ1v) is 8.10. The minimum atomic E-state index is 0. The Morgan fingerprint density at radius 2 is 1.91 bits per heavy atom. The van der Waals surface area contributed by atoms with Crippen LogP contribution in [0.3, 0.4) is 0 Å². The second-order valence-corrected chi connectivity index (χ2v) is 6.05. The van der Waals surface area contributed by atoms with Crippen molar-refractivity contribution >= 4 is 24.0 Å². The Labute approximate surface area is 138 Å². The fourth-order valence-electron chi connectivity index (χ4n) is 3.17. The number of halogens is 1. The number of hydrogen-bond acceptors (Lipinski definition) is 3. The van der Waals surface area contributed by atoms with Crippen LogP contribution in [-0.4, -0.2) is 25.1 Å². The summed E-state index contributed by atoms with van der Waals surface area (Å²) >= 11 is 0. The number of carbonyl (C=O) groups excluding carboxylic acids is 1. The Morgan fingerprint density at radius 3 is 2.64 bits per heavy atom. The topological polar surface area (TPSA) is 50.4 Å². The number of amides is 1.